The zero-order chi connectivity index (χ0) is 36.6. The molecule has 0 saturated carbocycles. The van der Waals surface area contributed by atoms with Crippen molar-refractivity contribution >= 4 is 21.9 Å². The Balaban J connectivity index is 1.14. The van der Waals surface area contributed by atoms with E-state index in [4.69, 9.17) is 9.97 Å². The molecule has 0 aliphatic carbocycles. The monoisotopic (exact) mass is 701 g/mol. The minimum absolute atomic E-state index is 0.692. The van der Waals surface area contributed by atoms with Crippen LogP contribution < -0.4 is 0 Å². The quantitative estimate of drug-likeness (QED) is 0.166. The van der Waals surface area contributed by atoms with Gasteiger partial charge in [0.25, 0.3) is 0 Å². The first-order valence-electron chi connectivity index (χ1n) is 18.7. The van der Waals surface area contributed by atoms with Crippen molar-refractivity contribution in [2.24, 2.45) is 0 Å². The standard InChI is InChI=1S/C52H35N3/c1-4-16-36(17-5-1)38-20-12-22-40(32-38)41-23-13-24-42(33-41)43-25-15-27-45(35-43)52-53-49(44-26-14-21-39(34-44)37-18-6-2-7-19-37)51-50(54-52)47-30-10-11-31-48(47)55(51)46-28-8-3-9-29-46/h1-35H. The molecule has 55 heavy (non-hydrogen) atoms. The van der Waals surface area contributed by atoms with Gasteiger partial charge in [0.05, 0.1) is 16.7 Å². The summed E-state index contributed by atoms with van der Waals surface area (Å²) in [5.41, 5.74) is 16.3. The highest BCUT2D eigenvalue weighted by atomic mass is 15.0. The number of fused-ring (bicyclic) bond motifs is 3. The van der Waals surface area contributed by atoms with E-state index >= 15 is 0 Å². The molecule has 0 unspecified atom stereocenters. The molecule has 10 aromatic rings. The fraction of sp³-hybridized carbons (Fsp3) is 0. The van der Waals surface area contributed by atoms with Crippen LogP contribution in [-0.4, -0.2) is 14.5 Å². The van der Waals surface area contributed by atoms with Gasteiger partial charge in [0.2, 0.25) is 0 Å². The zero-order valence-electron chi connectivity index (χ0n) is 30.0. The molecule has 0 aliphatic heterocycles. The van der Waals surface area contributed by atoms with Crippen molar-refractivity contribution in [3.8, 4) is 72.8 Å². The van der Waals surface area contributed by atoms with Crippen LogP contribution in [0.5, 0.6) is 0 Å². The van der Waals surface area contributed by atoms with Gasteiger partial charge in [-0.05, 0) is 87.0 Å². The third kappa shape index (κ3) is 6.08. The molecule has 0 radical (unpaired) electrons. The number of hydrogen-bond donors (Lipinski definition) is 0. The lowest BCUT2D eigenvalue weighted by atomic mass is 9.95. The van der Waals surface area contributed by atoms with Crippen molar-refractivity contribution in [2.45, 2.75) is 0 Å². The number of rotatable bonds is 7. The number of para-hydroxylation sites is 2. The molecule has 2 aromatic heterocycles. The third-order valence-corrected chi connectivity index (χ3v) is 10.4. The predicted octanol–water partition coefficient (Wildman–Crippen LogP) is 13.6. The molecule has 0 atom stereocenters. The van der Waals surface area contributed by atoms with E-state index in [9.17, 15) is 0 Å². The van der Waals surface area contributed by atoms with Crippen LogP contribution in [0.15, 0.2) is 212 Å². The predicted molar refractivity (Wildman–Crippen MR) is 229 cm³/mol. The molecule has 10 rings (SSSR count). The fourth-order valence-electron chi connectivity index (χ4n) is 7.72. The van der Waals surface area contributed by atoms with Crippen LogP contribution in [0, 0.1) is 0 Å². The van der Waals surface area contributed by atoms with E-state index in [2.05, 4.69) is 217 Å². The zero-order valence-corrected chi connectivity index (χ0v) is 30.0. The van der Waals surface area contributed by atoms with Gasteiger partial charge in [-0.1, -0.05) is 170 Å². The van der Waals surface area contributed by atoms with E-state index in [0.29, 0.717) is 5.82 Å². The second-order valence-corrected chi connectivity index (χ2v) is 13.8. The molecule has 0 bridgehead atoms. The van der Waals surface area contributed by atoms with E-state index in [-0.39, 0.29) is 0 Å². The Bertz CT molecular complexity index is 2960. The fourth-order valence-corrected chi connectivity index (χ4v) is 7.72. The summed E-state index contributed by atoms with van der Waals surface area (Å²) in [6.45, 7) is 0. The molecule has 258 valence electrons. The molecule has 3 heteroatoms. The molecule has 0 amide bonds. The number of aromatic nitrogens is 3. The highest BCUT2D eigenvalue weighted by Crippen LogP contribution is 2.39. The molecule has 8 aromatic carbocycles. The molecule has 0 aliphatic rings. The normalized spacial score (nSPS) is 11.3. The van der Waals surface area contributed by atoms with Crippen molar-refractivity contribution < 1.29 is 0 Å². The molecule has 2 heterocycles. The Morgan fingerprint density at radius 1 is 0.309 bits per heavy atom. The Morgan fingerprint density at radius 3 is 1.27 bits per heavy atom. The summed E-state index contributed by atoms with van der Waals surface area (Å²) < 4.78 is 2.31. The van der Waals surface area contributed by atoms with Crippen LogP contribution >= 0.6 is 0 Å². The summed E-state index contributed by atoms with van der Waals surface area (Å²) in [6.07, 6.45) is 0. The highest BCUT2D eigenvalue weighted by Gasteiger charge is 2.21. The van der Waals surface area contributed by atoms with E-state index in [1.165, 1.54) is 27.8 Å². The van der Waals surface area contributed by atoms with Gasteiger partial charge in [0.1, 0.15) is 5.52 Å². The average Bonchev–Trinajstić information content (AvgIpc) is 3.61. The lowest BCUT2D eigenvalue weighted by Gasteiger charge is -2.13. The smallest absolute Gasteiger partial charge is 0.160 e. The van der Waals surface area contributed by atoms with Gasteiger partial charge in [-0.3, -0.25) is 0 Å². The summed E-state index contributed by atoms with van der Waals surface area (Å²) in [4.78, 5) is 10.9. The van der Waals surface area contributed by atoms with Crippen molar-refractivity contribution in [2.75, 3.05) is 0 Å². The highest BCUT2D eigenvalue weighted by molar-refractivity contribution is 6.11. The van der Waals surface area contributed by atoms with Crippen molar-refractivity contribution in [1.29, 1.82) is 0 Å². The summed E-state index contributed by atoms with van der Waals surface area (Å²) >= 11 is 0. The first kappa shape index (κ1) is 32.3. The maximum atomic E-state index is 5.46. The maximum absolute atomic E-state index is 5.46. The Hall–Kier alpha value is -7.36. The molecule has 0 N–H and O–H groups in total. The first-order valence-corrected chi connectivity index (χ1v) is 18.7. The van der Waals surface area contributed by atoms with Crippen LogP contribution in [0.3, 0.4) is 0 Å². The topological polar surface area (TPSA) is 30.7 Å². The van der Waals surface area contributed by atoms with Crippen LogP contribution in [0.4, 0.5) is 0 Å². The summed E-state index contributed by atoms with van der Waals surface area (Å²) in [6, 6.07) is 75.1. The molecule has 0 saturated heterocycles. The maximum Gasteiger partial charge on any atom is 0.160 e. The van der Waals surface area contributed by atoms with Crippen LogP contribution in [0.25, 0.3) is 94.8 Å². The lowest BCUT2D eigenvalue weighted by molar-refractivity contribution is 1.15. The number of benzene rings is 8. The van der Waals surface area contributed by atoms with Gasteiger partial charge in [0, 0.05) is 22.2 Å². The van der Waals surface area contributed by atoms with Crippen LogP contribution in [-0.2, 0) is 0 Å². The largest absolute Gasteiger partial charge is 0.306 e. The summed E-state index contributed by atoms with van der Waals surface area (Å²) in [5, 5.41) is 1.09. The van der Waals surface area contributed by atoms with Gasteiger partial charge >= 0.3 is 0 Å². The van der Waals surface area contributed by atoms with Gasteiger partial charge in [-0.2, -0.15) is 0 Å². The minimum atomic E-state index is 0.692. The van der Waals surface area contributed by atoms with E-state index in [1.54, 1.807) is 0 Å². The summed E-state index contributed by atoms with van der Waals surface area (Å²) in [7, 11) is 0. The second kappa shape index (κ2) is 13.9. The molecular weight excluding hydrogens is 667 g/mol. The van der Waals surface area contributed by atoms with Crippen LogP contribution in [0.1, 0.15) is 0 Å². The van der Waals surface area contributed by atoms with Crippen LogP contribution in [0.2, 0.25) is 0 Å². The minimum Gasteiger partial charge on any atom is -0.306 e. The summed E-state index contributed by atoms with van der Waals surface area (Å²) in [5.74, 6) is 0.692. The Morgan fingerprint density at radius 2 is 0.709 bits per heavy atom. The average molecular weight is 702 g/mol. The van der Waals surface area contributed by atoms with Gasteiger partial charge in [0.15, 0.2) is 5.82 Å². The first-order chi connectivity index (χ1) is 27.3. The molecule has 0 spiro atoms. The molecule has 3 nitrogen and oxygen atoms in total. The van der Waals surface area contributed by atoms with E-state index < -0.39 is 0 Å². The van der Waals surface area contributed by atoms with Crippen molar-refractivity contribution in [3.05, 3.63) is 212 Å². The third-order valence-electron chi connectivity index (χ3n) is 10.4. The molecular formula is C52H35N3. The SMILES string of the molecule is c1ccc(-c2cccc(-c3cccc(-c4cccc(-c5nc(-c6cccc(-c7ccccc7)c6)c6c(n5)c5ccccc5n6-c5ccccc5)c4)c3)c2)cc1. The molecule has 0 fully saturated rings. The van der Waals surface area contributed by atoms with Gasteiger partial charge in [-0.15, -0.1) is 0 Å². The Kier molecular flexibility index (Phi) is 8.16. The Labute approximate surface area is 320 Å². The van der Waals surface area contributed by atoms with Gasteiger partial charge < -0.3 is 4.57 Å². The van der Waals surface area contributed by atoms with E-state index in [0.717, 1.165) is 61.1 Å². The second-order valence-electron chi connectivity index (χ2n) is 13.8. The van der Waals surface area contributed by atoms with E-state index in [1.807, 2.05) is 0 Å². The number of nitrogens with zero attached hydrogens (tertiary/aromatic N) is 3. The van der Waals surface area contributed by atoms with Crippen molar-refractivity contribution in [1.82, 2.24) is 14.5 Å². The van der Waals surface area contributed by atoms with Gasteiger partial charge in [-0.25, -0.2) is 9.97 Å². The van der Waals surface area contributed by atoms with Crippen molar-refractivity contribution in [3.63, 3.8) is 0 Å². The number of hydrogen-bond acceptors (Lipinski definition) is 2. The lowest BCUT2D eigenvalue weighted by Crippen LogP contribution is -2.00.